The van der Waals surface area contributed by atoms with Crippen molar-refractivity contribution in [2.24, 2.45) is 0 Å². The summed E-state index contributed by atoms with van der Waals surface area (Å²) in [5.41, 5.74) is 0.831. The number of hydrogen-bond acceptors (Lipinski definition) is 2. The summed E-state index contributed by atoms with van der Waals surface area (Å²) < 4.78 is 13.3. The Hall–Kier alpha value is -2.11. The van der Waals surface area contributed by atoms with Gasteiger partial charge in [0.15, 0.2) is 0 Å². The van der Waals surface area contributed by atoms with Crippen molar-refractivity contribution in [1.82, 2.24) is 5.32 Å². The number of aliphatic carboxylic acids is 1. The molecule has 1 aromatic carbocycles. The van der Waals surface area contributed by atoms with E-state index in [0.29, 0.717) is 30.6 Å². The molecule has 3 N–H and O–H groups in total. The van der Waals surface area contributed by atoms with Gasteiger partial charge in [0, 0.05) is 24.2 Å². The summed E-state index contributed by atoms with van der Waals surface area (Å²) in [5, 5.41) is 13.7. The number of unbranched alkanes of at least 4 members (excludes halogenated alkanes) is 2. The van der Waals surface area contributed by atoms with Gasteiger partial charge in [-0.05, 0) is 31.9 Å². The standard InChI is InChI=1S/C14H19FN2O3/c1-10-11(15)6-5-7-12(10)17-14(20)16-9-4-2-3-8-13(18)19/h5-7H,2-4,8-9H2,1H3,(H,18,19)(H2,16,17,20). The highest BCUT2D eigenvalue weighted by Crippen LogP contribution is 2.16. The van der Waals surface area contributed by atoms with Gasteiger partial charge in [0.05, 0.1) is 0 Å². The molecule has 0 unspecified atom stereocenters. The third kappa shape index (κ3) is 5.69. The second-order valence-electron chi connectivity index (χ2n) is 4.50. The van der Waals surface area contributed by atoms with Gasteiger partial charge in [-0.15, -0.1) is 0 Å². The fourth-order valence-electron chi connectivity index (χ4n) is 1.69. The van der Waals surface area contributed by atoms with Crippen LogP contribution in [0.1, 0.15) is 31.2 Å². The summed E-state index contributed by atoms with van der Waals surface area (Å²) in [7, 11) is 0. The Kier molecular flexibility index (Phi) is 6.49. The van der Waals surface area contributed by atoms with Crippen molar-refractivity contribution in [3.63, 3.8) is 0 Å². The van der Waals surface area contributed by atoms with E-state index < -0.39 is 12.0 Å². The molecular weight excluding hydrogens is 263 g/mol. The van der Waals surface area contributed by atoms with E-state index in [1.807, 2.05) is 0 Å². The van der Waals surface area contributed by atoms with Gasteiger partial charge >= 0.3 is 12.0 Å². The number of anilines is 1. The Balaban J connectivity index is 2.24. The summed E-state index contributed by atoms with van der Waals surface area (Å²) in [4.78, 5) is 21.9. The number of rotatable bonds is 7. The van der Waals surface area contributed by atoms with Crippen molar-refractivity contribution in [3.05, 3.63) is 29.6 Å². The van der Waals surface area contributed by atoms with Crippen molar-refractivity contribution >= 4 is 17.7 Å². The van der Waals surface area contributed by atoms with Gasteiger partial charge < -0.3 is 15.7 Å². The van der Waals surface area contributed by atoms with Gasteiger partial charge in [-0.1, -0.05) is 12.5 Å². The number of carboxylic acid groups (broad SMARTS) is 1. The van der Waals surface area contributed by atoms with E-state index in [2.05, 4.69) is 10.6 Å². The highest BCUT2D eigenvalue weighted by atomic mass is 19.1. The van der Waals surface area contributed by atoms with Gasteiger partial charge in [-0.2, -0.15) is 0 Å². The van der Waals surface area contributed by atoms with Crippen LogP contribution in [0.25, 0.3) is 0 Å². The van der Waals surface area contributed by atoms with Gasteiger partial charge in [-0.3, -0.25) is 4.79 Å². The van der Waals surface area contributed by atoms with Crippen LogP contribution in [0, 0.1) is 12.7 Å². The second-order valence-corrected chi connectivity index (χ2v) is 4.50. The Bertz CT molecular complexity index is 477. The van der Waals surface area contributed by atoms with Crippen LogP contribution in [0.3, 0.4) is 0 Å². The molecule has 1 aromatic rings. The lowest BCUT2D eigenvalue weighted by Crippen LogP contribution is -2.29. The Morgan fingerprint density at radius 2 is 2.00 bits per heavy atom. The number of carbonyl (C=O) groups is 2. The van der Waals surface area contributed by atoms with Crippen molar-refractivity contribution in [2.75, 3.05) is 11.9 Å². The van der Waals surface area contributed by atoms with Gasteiger partial charge in [0.2, 0.25) is 0 Å². The number of amides is 2. The zero-order valence-electron chi connectivity index (χ0n) is 11.4. The normalized spacial score (nSPS) is 10.1. The summed E-state index contributed by atoms with van der Waals surface area (Å²) in [5.74, 6) is -1.17. The van der Waals surface area contributed by atoms with E-state index in [0.717, 1.165) is 6.42 Å². The molecule has 0 heterocycles. The number of carboxylic acids is 1. The minimum absolute atomic E-state index is 0.148. The predicted octanol–water partition coefficient (Wildman–Crippen LogP) is 2.90. The number of benzene rings is 1. The fourth-order valence-corrected chi connectivity index (χ4v) is 1.69. The molecule has 20 heavy (non-hydrogen) atoms. The maximum absolute atomic E-state index is 13.3. The zero-order valence-corrected chi connectivity index (χ0v) is 11.4. The van der Waals surface area contributed by atoms with Crippen LogP contribution in [0.15, 0.2) is 18.2 Å². The predicted molar refractivity (Wildman–Crippen MR) is 74.3 cm³/mol. The van der Waals surface area contributed by atoms with Gasteiger partial charge in [0.1, 0.15) is 5.82 Å². The van der Waals surface area contributed by atoms with Crippen molar-refractivity contribution in [3.8, 4) is 0 Å². The molecule has 0 atom stereocenters. The molecule has 0 aromatic heterocycles. The van der Waals surface area contributed by atoms with Crippen LogP contribution in [-0.2, 0) is 4.79 Å². The van der Waals surface area contributed by atoms with Crippen molar-refractivity contribution in [2.45, 2.75) is 32.6 Å². The number of urea groups is 1. The number of nitrogens with one attached hydrogen (secondary N) is 2. The summed E-state index contributed by atoms with van der Waals surface area (Å²) >= 11 is 0. The number of hydrogen-bond donors (Lipinski definition) is 3. The quantitative estimate of drug-likeness (QED) is 0.673. The topological polar surface area (TPSA) is 78.4 Å². The molecule has 0 aliphatic heterocycles. The summed E-state index contributed by atoms with van der Waals surface area (Å²) in [6.07, 6.45) is 2.20. The molecule has 0 fully saturated rings. The van der Waals surface area contributed by atoms with E-state index in [1.54, 1.807) is 13.0 Å². The largest absolute Gasteiger partial charge is 0.481 e. The molecule has 6 heteroatoms. The third-order valence-electron chi connectivity index (χ3n) is 2.87. The minimum Gasteiger partial charge on any atom is -0.481 e. The SMILES string of the molecule is Cc1c(F)cccc1NC(=O)NCCCCCC(=O)O. The molecule has 0 spiro atoms. The average molecular weight is 282 g/mol. The first kappa shape index (κ1) is 15.9. The van der Waals surface area contributed by atoms with Crippen molar-refractivity contribution < 1.29 is 19.1 Å². The van der Waals surface area contributed by atoms with E-state index in [1.165, 1.54) is 12.1 Å². The minimum atomic E-state index is -0.808. The Morgan fingerprint density at radius 1 is 1.25 bits per heavy atom. The molecule has 0 saturated heterocycles. The van der Waals surface area contributed by atoms with E-state index >= 15 is 0 Å². The van der Waals surface area contributed by atoms with Crippen LogP contribution in [0.2, 0.25) is 0 Å². The molecule has 2 amide bonds. The molecule has 0 radical (unpaired) electrons. The van der Waals surface area contributed by atoms with E-state index in [4.69, 9.17) is 5.11 Å². The lowest BCUT2D eigenvalue weighted by Gasteiger charge is -2.10. The van der Waals surface area contributed by atoms with Gasteiger partial charge in [-0.25, -0.2) is 9.18 Å². The van der Waals surface area contributed by atoms with Crippen LogP contribution >= 0.6 is 0 Å². The molecule has 110 valence electrons. The molecule has 0 bridgehead atoms. The summed E-state index contributed by atoms with van der Waals surface area (Å²) in [6.45, 7) is 2.05. The van der Waals surface area contributed by atoms with Gasteiger partial charge in [0.25, 0.3) is 0 Å². The summed E-state index contributed by atoms with van der Waals surface area (Å²) in [6, 6.07) is 4.10. The molecule has 5 nitrogen and oxygen atoms in total. The third-order valence-corrected chi connectivity index (χ3v) is 2.87. The number of halogens is 1. The maximum atomic E-state index is 13.3. The van der Waals surface area contributed by atoms with E-state index in [9.17, 15) is 14.0 Å². The fraction of sp³-hybridized carbons (Fsp3) is 0.429. The van der Waals surface area contributed by atoms with Crippen molar-refractivity contribution in [1.29, 1.82) is 0 Å². The van der Waals surface area contributed by atoms with Crippen LogP contribution < -0.4 is 10.6 Å². The lowest BCUT2D eigenvalue weighted by atomic mass is 10.2. The lowest BCUT2D eigenvalue weighted by molar-refractivity contribution is -0.137. The first-order chi connectivity index (χ1) is 9.50. The highest BCUT2D eigenvalue weighted by Gasteiger charge is 2.06. The van der Waals surface area contributed by atoms with Crippen LogP contribution in [0.4, 0.5) is 14.9 Å². The van der Waals surface area contributed by atoms with E-state index in [-0.39, 0.29) is 12.2 Å². The highest BCUT2D eigenvalue weighted by molar-refractivity contribution is 5.90. The first-order valence-electron chi connectivity index (χ1n) is 6.52. The molecule has 0 aliphatic rings. The monoisotopic (exact) mass is 282 g/mol. The zero-order chi connectivity index (χ0) is 15.0. The van der Waals surface area contributed by atoms with Crippen LogP contribution in [0.5, 0.6) is 0 Å². The second kappa shape index (κ2) is 8.14. The average Bonchev–Trinajstić information content (AvgIpc) is 2.39. The smallest absolute Gasteiger partial charge is 0.319 e. The molecule has 0 aliphatic carbocycles. The van der Waals surface area contributed by atoms with Crippen LogP contribution in [-0.4, -0.2) is 23.7 Å². The first-order valence-corrected chi connectivity index (χ1v) is 6.52. The molecule has 0 saturated carbocycles. The number of carbonyl (C=O) groups excluding carboxylic acids is 1. The maximum Gasteiger partial charge on any atom is 0.319 e. The molecular formula is C14H19FN2O3. The Labute approximate surface area is 117 Å². The Morgan fingerprint density at radius 3 is 2.70 bits per heavy atom. The molecule has 1 rings (SSSR count).